The molecule has 11 heteroatoms. The number of aromatic nitrogens is 1. The monoisotopic (exact) mass is 456 g/mol. The van der Waals surface area contributed by atoms with Gasteiger partial charge in [0.25, 0.3) is 5.22 Å². The number of oxazole rings is 1. The fraction of sp³-hybridized carbons (Fsp3) is 0.450. The highest BCUT2D eigenvalue weighted by Gasteiger charge is 2.33. The van der Waals surface area contributed by atoms with E-state index in [-0.39, 0.29) is 23.9 Å². The van der Waals surface area contributed by atoms with Gasteiger partial charge in [0, 0.05) is 26.2 Å². The number of amides is 2. The molecule has 0 radical (unpaired) electrons. The van der Waals surface area contributed by atoms with Gasteiger partial charge in [-0.3, -0.25) is 14.5 Å². The normalized spacial score (nSPS) is 15.2. The zero-order valence-corrected chi connectivity index (χ0v) is 18.0. The maximum absolute atomic E-state index is 13.1. The fourth-order valence-corrected chi connectivity index (χ4v) is 3.92. The minimum Gasteiger partial charge on any atom is -0.437 e. The second-order valence-electron chi connectivity index (χ2n) is 7.16. The quantitative estimate of drug-likeness (QED) is 0.673. The number of anilines is 1. The molecule has 1 aromatic carbocycles. The van der Waals surface area contributed by atoms with Crippen LogP contribution in [0.25, 0.3) is 0 Å². The molecule has 0 spiro atoms. The van der Waals surface area contributed by atoms with Gasteiger partial charge in [-0.2, -0.15) is 13.2 Å². The molecule has 1 saturated heterocycles. The van der Waals surface area contributed by atoms with Crippen molar-refractivity contribution in [2.24, 2.45) is 0 Å². The number of hydrogen-bond acceptors (Lipinski definition) is 6. The molecule has 0 aliphatic carbocycles. The van der Waals surface area contributed by atoms with Crippen LogP contribution in [-0.2, 0) is 15.8 Å². The Balaban J connectivity index is 1.44. The summed E-state index contributed by atoms with van der Waals surface area (Å²) in [5, 5.41) is 2.80. The highest BCUT2D eigenvalue weighted by molar-refractivity contribution is 7.99. The average molecular weight is 456 g/mol. The van der Waals surface area contributed by atoms with Crippen molar-refractivity contribution >= 4 is 29.3 Å². The number of nitrogens with zero attached hydrogens (tertiary/aromatic N) is 3. The third-order valence-electron chi connectivity index (χ3n) is 4.93. The van der Waals surface area contributed by atoms with E-state index in [0.29, 0.717) is 31.4 Å². The van der Waals surface area contributed by atoms with Gasteiger partial charge in [-0.25, -0.2) is 4.98 Å². The van der Waals surface area contributed by atoms with Crippen molar-refractivity contribution in [1.29, 1.82) is 0 Å². The lowest BCUT2D eigenvalue weighted by Gasteiger charge is -2.34. The number of piperazine rings is 1. The molecule has 7 nitrogen and oxygen atoms in total. The molecule has 0 saturated carbocycles. The zero-order valence-electron chi connectivity index (χ0n) is 17.2. The molecule has 2 amide bonds. The molecule has 3 rings (SSSR count). The standard InChI is InChI=1S/C20H23F3N4O3S/c1-13-14(2)30-19(24-13)31-12-18(29)27-9-7-26(8-10-27)11-17(28)25-16-6-4-3-5-15(16)20(21,22)23/h3-6H,7-12H2,1-2H3,(H,25,28). The van der Waals surface area contributed by atoms with Crippen molar-refractivity contribution < 1.29 is 27.2 Å². The number of thioether (sulfide) groups is 1. The summed E-state index contributed by atoms with van der Waals surface area (Å²) in [5.74, 6) is 0.344. The summed E-state index contributed by atoms with van der Waals surface area (Å²) in [6.07, 6.45) is -4.55. The van der Waals surface area contributed by atoms with Gasteiger partial charge in [-0.15, -0.1) is 0 Å². The van der Waals surface area contributed by atoms with E-state index in [2.05, 4.69) is 10.3 Å². The van der Waals surface area contributed by atoms with Crippen LogP contribution in [0.4, 0.5) is 18.9 Å². The highest BCUT2D eigenvalue weighted by atomic mass is 32.2. The van der Waals surface area contributed by atoms with Gasteiger partial charge in [-0.1, -0.05) is 23.9 Å². The second kappa shape index (κ2) is 9.73. The first kappa shape index (κ1) is 23.1. The predicted octanol–water partition coefficient (Wildman–Crippen LogP) is 3.19. The number of nitrogens with one attached hydrogen (secondary N) is 1. The van der Waals surface area contributed by atoms with E-state index in [1.807, 2.05) is 18.7 Å². The number of carbonyl (C=O) groups is 2. The van der Waals surface area contributed by atoms with Crippen LogP contribution >= 0.6 is 11.8 Å². The molecule has 1 N–H and O–H groups in total. The molecule has 168 valence electrons. The summed E-state index contributed by atoms with van der Waals surface area (Å²) in [6, 6.07) is 4.87. The van der Waals surface area contributed by atoms with E-state index in [1.165, 1.54) is 30.0 Å². The van der Waals surface area contributed by atoms with Crippen LogP contribution in [0.3, 0.4) is 0 Å². The van der Waals surface area contributed by atoms with Crippen LogP contribution in [0.5, 0.6) is 0 Å². The molecule has 2 heterocycles. The summed E-state index contributed by atoms with van der Waals surface area (Å²) in [4.78, 5) is 32.4. The number of rotatable bonds is 6. The summed E-state index contributed by atoms with van der Waals surface area (Å²) in [6.45, 7) is 5.40. The van der Waals surface area contributed by atoms with Crippen LogP contribution in [0.2, 0.25) is 0 Å². The summed E-state index contributed by atoms with van der Waals surface area (Å²) < 4.78 is 44.6. The van der Waals surface area contributed by atoms with Gasteiger partial charge in [0.05, 0.1) is 29.2 Å². The minimum atomic E-state index is -4.55. The first-order chi connectivity index (χ1) is 14.6. The van der Waals surface area contributed by atoms with Crippen molar-refractivity contribution in [3.63, 3.8) is 0 Å². The molecule has 1 aliphatic rings. The molecular formula is C20H23F3N4O3S. The zero-order chi connectivity index (χ0) is 22.6. The van der Waals surface area contributed by atoms with Gasteiger partial charge in [-0.05, 0) is 26.0 Å². The largest absolute Gasteiger partial charge is 0.437 e. The lowest BCUT2D eigenvalue weighted by atomic mass is 10.1. The molecular weight excluding hydrogens is 433 g/mol. The maximum Gasteiger partial charge on any atom is 0.418 e. The first-order valence-electron chi connectivity index (χ1n) is 9.66. The van der Waals surface area contributed by atoms with Gasteiger partial charge >= 0.3 is 6.18 Å². The van der Waals surface area contributed by atoms with E-state index in [4.69, 9.17) is 4.42 Å². The van der Waals surface area contributed by atoms with Crippen molar-refractivity contribution in [3.05, 3.63) is 41.3 Å². The third kappa shape index (κ3) is 6.23. The number of halogens is 3. The molecule has 0 bridgehead atoms. The Hall–Kier alpha value is -2.53. The number of alkyl halides is 3. The van der Waals surface area contributed by atoms with Crippen LogP contribution in [0.1, 0.15) is 17.0 Å². The van der Waals surface area contributed by atoms with Crippen LogP contribution < -0.4 is 5.32 Å². The fourth-order valence-electron chi connectivity index (χ4n) is 3.11. The molecule has 2 aromatic rings. The average Bonchev–Trinajstić information content (AvgIpc) is 3.03. The Morgan fingerprint density at radius 2 is 1.84 bits per heavy atom. The highest BCUT2D eigenvalue weighted by Crippen LogP contribution is 2.34. The molecule has 31 heavy (non-hydrogen) atoms. The summed E-state index contributed by atoms with van der Waals surface area (Å²) >= 11 is 1.23. The topological polar surface area (TPSA) is 78.7 Å². The second-order valence-corrected chi connectivity index (χ2v) is 8.09. The molecule has 0 atom stereocenters. The van der Waals surface area contributed by atoms with E-state index < -0.39 is 17.6 Å². The summed E-state index contributed by atoms with van der Waals surface area (Å²) in [7, 11) is 0. The first-order valence-corrected chi connectivity index (χ1v) is 10.6. The van der Waals surface area contributed by atoms with Gasteiger partial charge in [0.15, 0.2) is 0 Å². The van der Waals surface area contributed by atoms with Crippen LogP contribution in [0, 0.1) is 13.8 Å². The Morgan fingerprint density at radius 1 is 1.16 bits per heavy atom. The van der Waals surface area contributed by atoms with E-state index >= 15 is 0 Å². The van der Waals surface area contributed by atoms with Crippen molar-refractivity contribution in [2.75, 3.05) is 43.8 Å². The SMILES string of the molecule is Cc1nc(SCC(=O)N2CCN(CC(=O)Nc3ccccc3C(F)(F)F)CC2)oc1C. The van der Waals surface area contributed by atoms with Gasteiger partial charge < -0.3 is 14.6 Å². The number of carbonyl (C=O) groups excluding carboxylic acids is 2. The Bertz CT molecular complexity index is 920. The molecule has 1 aliphatic heterocycles. The Kier molecular flexibility index (Phi) is 7.26. The summed E-state index contributed by atoms with van der Waals surface area (Å²) in [5.41, 5.74) is -0.352. The van der Waals surface area contributed by atoms with Gasteiger partial charge in [0.2, 0.25) is 11.8 Å². The number of benzene rings is 1. The predicted molar refractivity (Wildman–Crippen MR) is 110 cm³/mol. The lowest BCUT2D eigenvalue weighted by Crippen LogP contribution is -2.50. The van der Waals surface area contributed by atoms with Crippen molar-refractivity contribution in [3.8, 4) is 0 Å². The number of aryl methyl sites for hydroxylation is 2. The molecule has 1 fully saturated rings. The van der Waals surface area contributed by atoms with E-state index in [9.17, 15) is 22.8 Å². The maximum atomic E-state index is 13.1. The Morgan fingerprint density at radius 3 is 2.45 bits per heavy atom. The molecule has 0 unspecified atom stereocenters. The third-order valence-corrected chi connectivity index (χ3v) is 5.74. The van der Waals surface area contributed by atoms with E-state index in [0.717, 1.165) is 17.5 Å². The van der Waals surface area contributed by atoms with Gasteiger partial charge in [0.1, 0.15) is 5.76 Å². The minimum absolute atomic E-state index is 0.0438. The van der Waals surface area contributed by atoms with Crippen LogP contribution in [-0.4, -0.2) is 65.1 Å². The smallest absolute Gasteiger partial charge is 0.418 e. The van der Waals surface area contributed by atoms with E-state index in [1.54, 1.807) is 4.90 Å². The van der Waals surface area contributed by atoms with Crippen molar-refractivity contribution in [1.82, 2.24) is 14.8 Å². The Labute approximate surface area is 182 Å². The van der Waals surface area contributed by atoms with Crippen molar-refractivity contribution in [2.45, 2.75) is 25.2 Å². The number of hydrogen-bond donors (Lipinski definition) is 1. The number of para-hydroxylation sites is 1. The van der Waals surface area contributed by atoms with Crippen LogP contribution in [0.15, 0.2) is 33.9 Å². The molecule has 1 aromatic heterocycles. The lowest BCUT2D eigenvalue weighted by molar-refractivity contribution is -0.137.